The molecule has 1 aromatic carbocycles. The average molecular weight is 394 g/mol. The van der Waals surface area contributed by atoms with Gasteiger partial charge >= 0.3 is 0 Å². The van der Waals surface area contributed by atoms with Crippen molar-refractivity contribution in [3.8, 4) is 0 Å². The molecule has 2 bridgehead atoms. The first-order valence-corrected chi connectivity index (χ1v) is 10.9. The number of rotatable bonds is 2. The lowest BCUT2D eigenvalue weighted by Gasteiger charge is -2.43. The summed E-state index contributed by atoms with van der Waals surface area (Å²) in [5.74, 6) is 0.519. The van der Waals surface area contributed by atoms with Crippen LogP contribution in [0.2, 0.25) is 0 Å². The third kappa shape index (κ3) is 3.41. The highest BCUT2D eigenvalue weighted by Gasteiger charge is 2.37. The Bertz CT molecular complexity index is 975. The minimum absolute atomic E-state index is 0.0469. The van der Waals surface area contributed by atoms with Crippen LogP contribution >= 0.6 is 0 Å². The Balaban J connectivity index is 1.41. The fourth-order valence-corrected chi connectivity index (χ4v) is 5.63. The molecular weight excluding hydrogens is 367 g/mol. The fraction of sp³-hybridized carbons (Fsp3) is 0.500. The molecule has 1 aliphatic carbocycles. The lowest BCUT2D eigenvalue weighted by Crippen LogP contribution is -2.49. The number of benzene rings is 1. The molecule has 5 rings (SSSR count). The quantitative estimate of drug-likeness (QED) is 0.762. The second kappa shape index (κ2) is 7.43. The number of carbonyl (C=O) groups is 1. The topological polar surface area (TPSA) is 42.3 Å². The van der Waals surface area contributed by atoms with E-state index >= 15 is 0 Å². The molecule has 3 aliphatic rings. The van der Waals surface area contributed by atoms with Crippen molar-refractivity contribution in [3.05, 3.63) is 69.4 Å². The molecule has 0 spiro atoms. The number of carbonyl (C=O) groups excluding carboxylic acids is 1. The van der Waals surface area contributed by atoms with Crippen LogP contribution in [0.1, 0.15) is 72.0 Å². The SMILES string of the molecule is O=C(c1ccc(F)cc1)N1C[C@H]2C[C@H](C1)c1ccc(C3CCCCC3)c(=O)n1C2. The average Bonchev–Trinajstić information content (AvgIpc) is 2.75. The predicted molar refractivity (Wildman–Crippen MR) is 110 cm³/mol. The van der Waals surface area contributed by atoms with E-state index in [9.17, 15) is 14.0 Å². The molecule has 1 aromatic heterocycles. The summed E-state index contributed by atoms with van der Waals surface area (Å²) in [7, 11) is 0. The zero-order chi connectivity index (χ0) is 20.0. The van der Waals surface area contributed by atoms with Gasteiger partial charge in [-0.1, -0.05) is 25.3 Å². The summed E-state index contributed by atoms with van der Waals surface area (Å²) in [5, 5.41) is 0. The Kier molecular flexibility index (Phi) is 4.76. The Morgan fingerprint density at radius 1 is 0.897 bits per heavy atom. The van der Waals surface area contributed by atoms with Crippen molar-refractivity contribution in [3.63, 3.8) is 0 Å². The van der Waals surface area contributed by atoms with Gasteiger partial charge in [0, 0.05) is 42.4 Å². The smallest absolute Gasteiger partial charge is 0.254 e. The molecule has 1 saturated carbocycles. The maximum absolute atomic E-state index is 13.3. The van der Waals surface area contributed by atoms with Gasteiger partial charge in [0.25, 0.3) is 11.5 Å². The standard InChI is InChI=1S/C24H27FN2O2/c25-20-8-6-18(7-9-20)23(28)26-13-16-12-19(15-26)22-11-10-21(24(29)27(22)14-16)17-4-2-1-3-5-17/h6-11,16-17,19H,1-5,12-15H2/t16-,19-/m1/s1. The van der Waals surface area contributed by atoms with Gasteiger partial charge in [0.1, 0.15) is 5.82 Å². The molecule has 4 nitrogen and oxygen atoms in total. The van der Waals surface area contributed by atoms with Crippen LogP contribution in [0.25, 0.3) is 0 Å². The number of aromatic nitrogens is 1. The Morgan fingerprint density at radius 2 is 1.66 bits per heavy atom. The van der Waals surface area contributed by atoms with Crippen molar-refractivity contribution in [2.45, 2.75) is 56.9 Å². The van der Waals surface area contributed by atoms with Crippen LogP contribution in [-0.4, -0.2) is 28.5 Å². The number of pyridine rings is 1. The molecule has 2 fully saturated rings. The third-order valence-electron chi connectivity index (χ3n) is 7.06. The number of fused-ring (bicyclic) bond motifs is 4. The highest BCUT2D eigenvalue weighted by molar-refractivity contribution is 5.94. The van der Waals surface area contributed by atoms with Gasteiger partial charge in [0.2, 0.25) is 0 Å². The molecule has 5 heteroatoms. The van der Waals surface area contributed by atoms with Gasteiger partial charge < -0.3 is 9.47 Å². The number of halogens is 1. The second-order valence-corrected chi connectivity index (χ2v) is 8.98. The van der Waals surface area contributed by atoms with E-state index in [4.69, 9.17) is 0 Å². The Morgan fingerprint density at radius 3 is 2.41 bits per heavy atom. The van der Waals surface area contributed by atoms with Crippen molar-refractivity contribution in [2.24, 2.45) is 5.92 Å². The number of amides is 1. The Hall–Kier alpha value is -2.43. The summed E-state index contributed by atoms with van der Waals surface area (Å²) < 4.78 is 15.2. The van der Waals surface area contributed by atoms with Gasteiger partial charge in [-0.05, 0) is 61.4 Å². The molecule has 1 saturated heterocycles. The predicted octanol–water partition coefficient (Wildman–Crippen LogP) is 4.29. The van der Waals surface area contributed by atoms with E-state index in [0.717, 1.165) is 30.5 Å². The lowest BCUT2D eigenvalue weighted by molar-refractivity contribution is 0.0594. The minimum atomic E-state index is -0.334. The summed E-state index contributed by atoms with van der Waals surface area (Å²) in [4.78, 5) is 28.1. The van der Waals surface area contributed by atoms with E-state index in [2.05, 4.69) is 12.1 Å². The first-order valence-electron chi connectivity index (χ1n) is 10.9. The molecule has 3 heterocycles. The van der Waals surface area contributed by atoms with E-state index in [-0.39, 0.29) is 23.2 Å². The van der Waals surface area contributed by atoms with Crippen molar-refractivity contribution < 1.29 is 9.18 Å². The van der Waals surface area contributed by atoms with E-state index in [1.807, 2.05) is 9.47 Å². The van der Waals surface area contributed by atoms with E-state index in [1.165, 1.54) is 31.4 Å². The summed E-state index contributed by atoms with van der Waals surface area (Å²) in [6, 6.07) is 9.97. The molecule has 0 radical (unpaired) electrons. The maximum atomic E-state index is 13.3. The number of likely N-dealkylation sites (tertiary alicyclic amines) is 1. The molecule has 2 aliphatic heterocycles. The van der Waals surface area contributed by atoms with Crippen LogP contribution in [0, 0.1) is 11.7 Å². The summed E-state index contributed by atoms with van der Waals surface area (Å²) in [6.07, 6.45) is 7.00. The number of hydrogen-bond acceptors (Lipinski definition) is 2. The summed E-state index contributed by atoms with van der Waals surface area (Å²) in [5.41, 5.74) is 2.79. The largest absolute Gasteiger partial charge is 0.338 e. The third-order valence-corrected chi connectivity index (χ3v) is 7.06. The Labute approximate surface area is 170 Å². The molecule has 152 valence electrons. The highest BCUT2D eigenvalue weighted by Crippen LogP contribution is 2.37. The zero-order valence-corrected chi connectivity index (χ0v) is 16.6. The summed E-state index contributed by atoms with van der Waals surface area (Å²) >= 11 is 0. The van der Waals surface area contributed by atoms with Crippen molar-refractivity contribution >= 4 is 5.91 Å². The number of nitrogens with zero attached hydrogens (tertiary/aromatic N) is 2. The molecule has 2 aromatic rings. The lowest BCUT2D eigenvalue weighted by atomic mass is 9.81. The van der Waals surface area contributed by atoms with Gasteiger partial charge in [-0.2, -0.15) is 0 Å². The molecule has 1 amide bonds. The van der Waals surface area contributed by atoms with Crippen molar-refractivity contribution in [1.82, 2.24) is 9.47 Å². The molecule has 0 unspecified atom stereocenters. The van der Waals surface area contributed by atoms with Crippen LogP contribution in [-0.2, 0) is 6.54 Å². The highest BCUT2D eigenvalue weighted by atomic mass is 19.1. The fourth-order valence-electron chi connectivity index (χ4n) is 5.63. The van der Waals surface area contributed by atoms with Crippen molar-refractivity contribution in [1.29, 1.82) is 0 Å². The molecule has 0 N–H and O–H groups in total. The van der Waals surface area contributed by atoms with Crippen LogP contribution in [0.3, 0.4) is 0 Å². The van der Waals surface area contributed by atoms with Gasteiger partial charge in [0.15, 0.2) is 0 Å². The molecular formula is C24H27FN2O2. The van der Waals surface area contributed by atoms with Crippen LogP contribution in [0.4, 0.5) is 4.39 Å². The normalized spacial score (nSPS) is 24.2. The zero-order valence-electron chi connectivity index (χ0n) is 16.6. The van der Waals surface area contributed by atoms with E-state index in [0.29, 0.717) is 37.0 Å². The monoisotopic (exact) mass is 394 g/mol. The van der Waals surface area contributed by atoms with E-state index in [1.54, 1.807) is 12.1 Å². The first-order chi connectivity index (χ1) is 14.1. The second-order valence-electron chi connectivity index (χ2n) is 8.98. The van der Waals surface area contributed by atoms with Gasteiger partial charge in [-0.15, -0.1) is 0 Å². The van der Waals surface area contributed by atoms with Crippen LogP contribution in [0.5, 0.6) is 0 Å². The first kappa shape index (κ1) is 18.6. The van der Waals surface area contributed by atoms with Gasteiger partial charge in [-0.3, -0.25) is 9.59 Å². The number of hydrogen-bond donors (Lipinski definition) is 0. The molecule has 29 heavy (non-hydrogen) atoms. The van der Waals surface area contributed by atoms with Crippen LogP contribution < -0.4 is 5.56 Å². The summed E-state index contributed by atoms with van der Waals surface area (Å²) in [6.45, 7) is 1.97. The van der Waals surface area contributed by atoms with Gasteiger partial charge in [-0.25, -0.2) is 4.39 Å². The van der Waals surface area contributed by atoms with E-state index < -0.39 is 0 Å². The van der Waals surface area contributed by atoms with Crippen LogP contribution in [0.15, 0.2) is 41.2 Å². The maximum Gasteiger partial charge on any atom is 0.254 e. The van der Waals surface area contributed by atoms with Crippen molar-refractivity contribution in [2.75, 3.05) is 13.1 Å². The molecule has 2 atom stereocenters. The van der Waals surface area contributed by atoms with Gasteiger partial charge in [0.05, 0.1) is 0 Å². The minimum Gasteiger partial charge on any atom is -0.338 e. The number of piperidine rings is 1.